The van der Waals surface area contributed by atoms with Crippen LogP contribution in [0.4, 0.5) is 13.2 Å². The van der Waals surface area contributed by atoms with Crippen molar-refractivity contribution < 1.29 is 18.0 Å². The molecular weight excluding hydrogens is 339 g/mol. The maximum absolute atomic E-state index is 12.8. The fourth-order valence-corrected chi connectivity index (χ4v) is 4.56. The van der Waals surface area contributed by atoms with Gasteiger partial charge in [-0.05, 0) is 37.4 Å². The lowest BCUT2D eigenvalue weighted by Gasteiger charge is -2.30. The topological polar surface area (TPSA) is 45.2 Å². The van der Waals surface area contributed by atoms with E-state index in [0.29, 0.717) is 27.3 Å². The molecule has 2 aliphatic rings. The van der Waals surface area contributed by atoms with Crippen LogP contribution in [0.2, 0.25) is 0 Å². The number of hydrogen-bond donors (Lipinski definition) is 1. The molecule has 128 valence electrons. The minimum atomic E-state index is -4.37. The Balaban J connectivity index is 1.52. The van der Waals surface area contributed by atoms with E-state index in [-0.39, 0.29) is 17.6 Å². The van der Waals surface area contributed by atoms with Crippen molar-refractivity contribution in [1.82, 2.24) is 15.2 Å². The number of alkyl halides is 3. The molecule has 4 rings (SSSR count). The predicted octanol–water partition coefficient (Wildman–Crippen LogP) is 3.14. The van der Waals surface area contributed by atoms with Crippen LogP contribution in [0.25, 0.3) is 10.1 Å². The largest absolute Gasteiger partial charge is 0.425 e. The summed E-state index contributed by atoms with van der Waals surface area (Å²) in [6, 6.07) is 2.61. The molecule has 3 atom stereocenters. The molecule has 4 nitrogen and oxygen atoms in total. The third kappa shape index (κ3) is 3.00. The number of halogens is 3. The number of carbonyl (C=O) groups excluding carboxylic acids is 1. The molecule has 2 aromatic rings. The van der Waals surface area contributed by atoms with E-state index in [1.54, 1.807) is 0 Å². The highest BCUT2D eigenvalue weighted by molar-refractivity contribution is 7.19. The van der Waals surface area contributed by atoms with Crippen LogP contribution < -0.4 is 5.32 Å². The Morgan fingerprint density at radius 1 is 1.33 bits per heavy atom. The second-order valence-corrected chi connectivity index (χ2v) is 7.62. The van der Waals surface area contributed by atoms with E-state index in [4.69, 9.17) is 0 Å². The zero-order valence-electron chi connectivity index (χ0n) is 12.8. The lowest BCUT2D eigenvalue weighted by molar-refractivity contribution is -0.134. The fourth-order valence-electron chi connectivity index (χ4n) is 3.62. The van der Waals surface area contributed by atoms with Crippen molar-refractivity contribution in [2.75, 3.05) is 19.6 Å². The number of amides is 1. The van der Waals surface area contributed by atoms with Gasteiger partial charge in [0, 0.05) is 35.4 Å². The summed E-state index contributed by atoms with van der Waals surface area (Å²) >= 11 is 0.639. The first-order valence-corrected chi connectivity index (χ1v) is 8.70. The summed E-state index contributed by atoms with van der Waals surface area (Å²) in [6.07, 6.45) is -0.903. The molecule has 4 heterocycles. The van der Waals surface area contributed by atoms with Crippen LogP contribution in [0.3, 0.4) is 0 Å². The summed E-state index contributed by atoms with van der Waals surface area (Å²) in [7, 11) is 0. The maximum Gasteiger partial charge on any atom is 0.425 e. The number of nitrogens with zero attached hydrogens (tertiary/aromatic N) is 2. The maximum atomic E-state index is 12.8. The molecule has 2 aromatic heterocycles. The van der Waals surface area contributed by atoms with E-state index < -0.39 is 11.1 Å². The fraction of sp³-hybridized carbons (Fsp3) is 0.500. The minimum Gasteiger partial charge on any atom is -0.347 e. The molecule has 24 heavy (non-hydrogen) atoms. The first kappa shape index (κ1) is 15.8. The van der Waals surface area contributed by atoms with Crippen molar-refractivity contribution in [2.45, 2.75) is 25.1 Å². The zero-order valence-corrected chi connectivity index (χ0v) is 13.6. The SMILES string of the molecule is O=C(N[C@@H]1C[C@@H]2CCN(C2)C1)c1cc2sc(C(F)(F)F)cc2cn1. The lowest BCUT2D eigenvalue weighted by atomic mass is 9.97. The number of thiophene rings is 1. The second kappa shape index (κ2) is 5.70. The average Bonchev–Trinajstić information content (AvgIpc) is 3.09. The van der Waals surface area contributed by atoms with E-state index in [0.717, 1.165) is 32.1 Å². The van der Waals surface area contributed by atoms with Gasteiger partial charge in [0.2, 0.25) is 0 Å². The van der Waals surface area contributed by atoms with Crippen molar-refractivity contribution >= 4 is 27.3 Å². The molecular formula is C16H16F3N3OS. The third-order valence-corrected chi connectivity index (χ3v) is 5.86. The second-order valence-electron chi connectivity index (χ2n) is 6.54. The number of hydrogen-bond acceptors (Lipinski definition) is 4. The normalized spacial score (nSPS) is 26.7. The molecule has 2 saturated heterocycles. The summed E-state index contributed by atoms with van der Waals surface area (Å²) in [5.41, 5.74) is 0.172. The van der Waals surface area contributed by atoms with Crippen molar-refractivity contribution in [3.63, 3.8) is 0 Å². The molecule has 2 bridgehead atoms. The number of nitrogens with one attached hydrogen (secondary N) is 1. The molecule has 8 heteroatoms. The number of aromatic nitrogens is 1. The minimum absolute atomic E-state index is 0.0883. The zero-order chi connectivity index (χ0) is 16.9. The van der Waals surface area contributed by atoms with Crippen LogP contribution in [-0.2, 0) is 6.18 Å². The van der Waals surface area contributed by atoms with Gasteiger partial charge in [0.1, 0.15) is 10.6 Å². The summed E-state index contributed by atoms with van der Waals surface area (Å²) < 4.78 is 38.8. The third-order valence-electron chi connectivity index (χ3n) is 4.72. The smallest absolute Gasteiger partial charge is 0.347 e. The molecule has 0 aliphatic carbocycles. The van der Waals surface area contributed by atoms with Gasteiger partial charge < -0.3 is 10.2 Å². The van der Waals surface area contributed by atoms with Gasteiger partial charge in [0.25, 0.3) is 5.91 Å². The van der Waals surface area contributed by atoms with Gasteiger partial charge in [-0.25, -0.2) is 0 Å². The highest BCUT2D eigenvalue weighted by Crippen LogP contribution is 2.38. The Morgan fingerprint density at radius 3 is 2.92 bits per heavy atom. The molecule has 2 aliphatic heterocycles. The molecule has 0 aromatic carbocycles. The Hall–Kier alpha value is -1.67. The van der Waals surface area contributed by atoms with Gasteiger partial charge in [0.05, 0.1) is 0 Å². The highest BCUT2D eigenvalue weighted by atomic mass is 32.1. The number of piperidine rings is 1. The quantitative estimate of drug-likeness (QED) is 0.900. The van der Waals surface area contributed by atoms with Gasteiger partial charge in [-0.3, -0.25) is 9.78 Å². The first-order chi connectivity index (χ1) is 11.4. The van der Waals surface area contributed by atoms with Crippen LogP contribution in [-0.4, -0.2) is 41.5 Å². The molecule has 0 spiro atoms. The summed E-state index contributed by atoms with van der Waals surface area (Å²) in [6.45, 7) is 3.02. The van der Waals surface area contributed by atoms with Crippen molar-refractivity contribution in [1.29, 1.82) is 0 Å². The Bertz CT molecular complexity index is 776. The van der Waals surface area contributed by atoms with Crippen molar-refractivity contribution in [3.05, 3.63) is 28.9 Å². The number of carbonyl (C=O) groups is 1. The summed E-state index contributed by atoms with van der Waals surface area (Å²) in [4.78, 5) is 18.1. The van der Waals surface area contributed by atoms with Crippen LogP contribution in [0, 0.1) is 5.92 Å². The molecule has 0 radical (unpaired) electrons. The van der Waals surface area contributed by atoms with Crippen molar-refractivity contribution in [3.8, 4) is 0 Å². The van der Waals surface area contributed by atoms with Crippen LogP contribution >= 0.6 is 11.3 Å². The van der Waals surface area contributed by atoms with Crippen LogP contribution in [0.15, 0.2) is 18.3 Å². The average molecular weight is 355 g/mol. The van der Waals surface area contributed by atoms with Gasteiger partial charge in [-0.15, -0.1) is 11.3 Å². The van der Waals surface area contributed by atoms with E-state index in [1.807, 2.05) is 0 Å². The van der Waals surface area contributed by atoms with Crippen LogP contribution in [0.5, 0.6) is 0 Å². The van der Waals surface area contributed by atoms with Gasteiger partial charge in [-0.2, -0.15) is 13.2 Å². The van der Waals surface area contributed by atoms with Crippen molar-refractivity contribution in [2.24, 2.45) is 5.92 Å². The Morgan fingerprint density at radius 2 is 2.17 bits per heavy atom. The molecule has 1 unspecified atom stereocenters. The molecule has 1 amide bonds. The van der Waals surface area contributed by atoms with E-state index in [9.17, 15) is 18.0 Å². The lowest BCUT2D eigenvalue weighted by Crippen LogP contribution is -2.47. The summed E-state index contributed by atoms with van der Waals surface area (Å²) in [5, 5.41) is 3.39. The Labute approximate surface area is 140 Å². The van der Waals surface area contributed by atoms with E-state index in [1.165, 1.54) is 18.7 Å². The highest BCUT2D eigenvalue weighted by Gasteiger charge is 2.34. The number of rotatable bonds is 2. The van der Waals surface area contributed by atoms with Gasteiger partial charge in [-0.1, -0.05) is 0 Å². The van der Waals surface area contributed by atoms with Gasteiger partial charge >= 0.3 is 6.18 Å². The standard InChI is InChI=1S/C16H16F3N3OS/c17-16(18,19)14-4-10-6-20-12(5-13(10)24-14)15(23)21-11-3-9-1-2-22(7-9)8-11/h4-6,9,11H,1-3,7-8H2,(H,21,23)/t9-,11+/m0/s1. The number of fused-ring (bicyclic) bond motifs is 3. The van der Waals surface area contributed by atoms with E-state index >= 15 is 0 Å². The molecule has 0 saturated carbocycles. The predicted molar refractivity (Wildman–Crippen MR) is 85.0 cm³/mol. The molecule has 2 fully saturated rings. The monoisotopic (exact) mass is 355 g/mol. The van der Waals surface area contributed by atoms with Crippen LogP contribution in [0.1, 0.15) is 28.2 Å². The van der Waals surface area contributed by atoms with Gasteiger partial charge in [0.15, 0.2) is 0 Å². The Kier molecular flexibility index (Phi) is 3.76. The molecule has 1 N–H and O–H groups in total. The summed E-state index contributed by atoms with van der Waals surface area (Å²) in [5.74, 6) is 0.317. The van der Waals surface area contributed by atoms with E-state index in [2.05, 4.69) is 15.2 Å². The first-order valence-electron chi connectivity index (χ1n) is 7.88. The number of pyridine rings is 1.